The minimum Gasteiger partial charge on any atom is -0.325 e. The minimum atomic E-state index is 0.0449. The predicted molar refractivity (Wildman–Crippen MR) is 88.7 cm³/mol. The summed E-state index contributed by atoms with van der Waals surface area (Å²) in [6, 6.07) is 8.28. The predicted octanol–water partition coefficient (Wildman–Crippen LogP) is 4.01. The third-order valence-corrected chi connectivity index (χ3v) is 4.27. The summed E-state index contributed by atoms with van der Waals surface area (Å²) in [4.78, 5) is 14.9. The van der Waals surface area contributed by atoms with Crippen molar-refractivity contribution in [1.82, 2.24) is 4.90 Å². The van der Waals surface area contributed by atoms with E-state index < -0.39 is 0 Å². The Kier molecular flexibility index (Phi) is 5.80. The summed E-state index contributed by atoms with van der Waals surface area (Å²) in [5.41, 5.74) is 2.21. The Labute approximate surface area is 128 Å². The molecule has 0 spiro atoms. The third-order valence-electron chi connectivity index (χ3n) is 4.27. The number of nitrogens with zero attached hydrogens (tertiary/aromatic N) is 1. The molecule has 0 aromatic heterocycles. The molecule has 1 aromatic rings. The second-order valence-corrected chi connectivity index (χ2v) is 6.31. The summed E-state index contributed by atoms with van der Waals surface area (Å²) in [5, 5.41) is 3.09. The maximum atomic E-state index is 12.5. The van der Waals surface area contributed by atoms with Gasteiger partial charge in [0.1, 0.15) is 0 Å². The Balaban J connectivity index is 1.99. The van der Waals surface area contributed by atoms with Gasteiger partial charge in [-0.05, 0) is 56.0 Å². The summed E-state index contributed by atoms with van der Waals surface area (Å²) < 4.78 is 0. The van der Waals surface area contributed by atoms with Crippen LogP contribution in [0.1, 0.15) is 57.9 Å². The van der Waals surface area contributed by atoms with Gasteiger partial charge in [-0.25, -0.2) is 0 Å². The lowest BCUT2D eigenvalue weighted by Gasteiger charge is -2.34. The molecule has 1 aliphatic heterocycles. The van der Waals surface area contributed by atoms with Crippen LogP contribution in [0, 0.1) is 0 Å². The number of carbonyl (C=O) groups is 1. The molecule has 21 heavy (non-hydrogen) atoms. The standard InChI is InChI=1S/C18H28N2O/c1-4-12-20-13-6-5-7-17(20)18(21)19-16-10-8-15(9-11-16)14(2)3/h8-11,14,17H,4-7,12-13H2,1-3H3,(H,19,21). The van der Waals surface area contributed by atoms with Crippen molar-refractivity contribution >= 4 is 11.6 Å². The second-order valence-electron chi connectivity index (χ2n) is 6.31. The van der Waals surface area contributed by atoms with Crippen LogP contribution in [-0.4, -0.2) is 29.9 Å². The van der Waals surface area contributed by atoms with Crippen molar-refractivity contribution in [2.45, 2.75) is 58.4 Å². The van der Waals surface area contributed by atoms with Gasteiger partial charge in [0.2, 0.25) is 5.91 Å². The van der Waals surface area contributed by atoms with E-state index >= 15 is 0 Å². The summed E-state index contributed by atoms with van der Waals surface area (Å²) >= 11 is 0. The Bertz CT molecular complexity index is 451. The summed E-state index contributed by atoms with van der Waals surface area (Å²) in [5.74, 6) is 0.675. The molecule has 1 amide bonds. The molecule has 1 N–H and O–H groups in total. The zero-order valence-electron chi connectivity index (χ0n) is 13.6. The van der Waals surface area contributed by atoms with Crippen molar-refractivity contribution in [3.63, 3.8) is 0 Å². The van der Waals surface area contributed by atoms with Crippen LogP contribution in [0.3, 0.4) is 0 Å². The van der Waals surface area contributed by atoms with Gasteiger partial charge in [-0.1, -0.05) is 39.3 Å². The number of nitrogens with one attached hydrogen (secondary N) is 1. The van der Waals surface area contributed by atoms with E-state index in [1.54, 1.807) is 0 Å². The first-order valence-corrected chi connectivity index (χ1v) is 8.26. The molecule has 1 fully saturated rings. The summed E-state index contributed by atoms with van der Waals surface area (Å²) in [6.45, 7) is 8.60. The van der Waals surface area contributed by atoms with E-state index in [0.29, 0.717) is 5.92 Å². The molecule has 0 radical (unpaired) electrons. The lowest BCUT2D eigenvalue weighted by Crippen LogP contribution is -2.47. The molecule has 2 rings (SSSR count). The smallest absolute Gasteiger partial charge is 0.241 e. The molecule has 0 bridgehead atoms. The van der Waals surface area contributed by atoms with Crippen LogP contribution in [0.5, 0.6) is 0 Å². The Morgan fingerprint density at radius 3 is 2.62 bits per heavy atom. The number of anilines is 1. The quantitative estimate of drug-likeness (QED) is 0.887. The van der Waals surface area contributed by atoms with Crippen LogP contribution in [0.25, 0.3) is 0 Å². The molecule has 1 atom stereocenters. The number of amides is 1. The first kappa shape index (κ1) is 16.0. The average Bonchev–Trinajstić information content (AvgIpc) is 2.48. The molecular weight excluding hydrogens is 260 g/mol. The van der Waals surface area contributed by atoms with Crippen LogP contribution in [0.2, 0.25) is 0 Å². The number of benzene rings is 1. The highest BCUT2D eigenvalue weighted by atomic mass is 16.2. The van der Waals surface area contributed by atoms with Gasteiger partial charge >= 0.3 is 0 Å². The maximum absolute atomic E-state index is 12.5. The van der Waals surface area contributed by atoms with E-state index in [9.17, 15) is 4.79 Å². The molecular formula is C18H28N2O. The molecule has 0 aliphatic carbocycles. The molecule has 3 heteroatoms. The third kappa shape index (κ3) is 4.31. The number of likely N-dealkylation sites (tertiary alicyclic amines) is 1. The minimum absolute atomic E-state index is 0.0449. The molecule has 1 unspecified atom stereocenters. The van der Waals surface area contributed by atoms with Crippen molar-refractivity contribution in [1.29, 1.82) is 0 Å². The lowest BCUT2D eigenvalue weighted by atomic mass is 10.0. The molecule has 0 saturated carbocycles. The fourth-order valence-corrected chi connectivity index (χ4v) is 3.02. The van der Waals surface area contributed by atoms with Gasteiger partial charge in [0.05, 0.1) is 6.04 Å². The highest BCUT2D eigenvalue weighted by Gasteiger charge is 2.27. The van der Waals surface area contributed by atoms with Gasteiger partial charge in [0, 0.05) is 5.69 Å². The number of carbonyl (C=O) groups excluding carboxylic acids is 1. The van der Waals surface area contributed by atoms with Crippen molar-refractivity contribution in [2.24, 2.45) is 0 Å². The molecule has 1 aliphatic rings. The van der Waals surface area contributed by atoms with Gasteiger partial charge < -0.3 is 5.32 Å². The molecule has 116 valence electrons. The van der Waals surface area contributed by atoms with Crippen molar-refractivity contribution in [3.8, 4) is 0 Å². The molecule has 3 nitrogen and oxygen atoms in total. The number of hydrogen-bond acceptors (Lipinski definition) is 2. The van der Waals surface area contributed by atoms with E-state index in [2.05, 4.69) is 43.1 Å². The second kappa shape index (κ2) is 7.60. The summed E-state index contributed by atoms with van der Waals surface area (Å²) in [7, 11) is 0. The van der Waals surface area contributed by atoms with Crippen LogP contribution >= 0.6 is 0 Å². The fourth-order valence-electron chi connectivity index (χ4n) is 3.02. The lowest BCUT2D eigenvalue weighted by molar-refractivity contribution is -0.122. The molecule has 1 heterocycles. The van der Waals surface area contributed by atoms with E-state index in [1.165, 1.54) is 12.0 Å². The zero-order chi connectivity index (χ0) is 15.2. The van der Waals surface area contributed by atoms with E-state index in [-0.39, 0.29) is 11.9 Å². The van der Waals surface area contributed by atoms with Gasteiger partial charge in [-0.2, -0.15) is 0 Å². The van der Waals surface area contributed by atoms with Gasteiger partial charge in [-0.3, -0.25) is 9.69 Å². The first-order valence-electron chi connectivity index (χ1n) is 8.26. The Morgan fingerprint density at radius 2 is 2.00 bits per heavy atom. The number of rotatable bonds is 5. The fraction of sp³-hybridized carbons (Fsp3) is 0.611. The van der Waals surface area contributed by atoms with Crippen LogP contribution in [0.15, 0.2) is 24.3 Å². The summed E-state index contributed by atoms with van der Waals surface area (Å²) in [6.07, 6.45) is 4.46. The molecule has 1 saturated heterocycles. The Morgan fingerprint density at radius 1 is 1.29 bits per heavy atom. The number of hydrogen-bond donors (Lipinski definition) is 1. The number of piperidine rings is 1. The highest BCUT2D eigenvalue weighted by molar-refractivity contribution is 5.94. The highest BCUT2D eigenvalue weighted by Crippen LogP contribution is 2.21. The van der Waals surface area contributed by atoms with E-state index in [1.807, 2.05) is 12.1 Å². The topological polar surface area (TPSA) is 32.3 Å². The van der Waals surface area contributed by atoms with Crippen LogP contribution < -0.4 is 5.32 Å². The maximum Gasteiger partial charge on any atom is 0.241 e. The van der Waals surface area contributed by atoms with Crippen molar-refractivity contribution < 1.29 is 4.79 Å². The normalized spacial score (nSPS) is 19.7. The van der Waals surface area contributed by atoms with Gasteiger partial charge in [0.25, 0.3) is 0 Å². The monoisotopic (exact) mass is 288 g/mol. The largest absolute Gasteiger partial charge is 0.325 e. The molecule has 1 aromatic carbocycles. The average molecular weight is 288 g/mol. The van der Waals surface area contributed by atoms with Crippen molar-refractivity contribution in [3.05, 3.63) is 29.8 Å². The van der Waals surface area contributed by atoms with Crippen LogP contribution in [0.4, 0.5) is 5.69 Å². The van der Waals surface area contributed by atoms with Gasteiger partial charge in [-0.15, -0.1) is 0 Å². The Hall–Kier alpha value is -1.35. The van der Waals surface area contributed by atoms with E-state index in [0.717, 1.165) is 38.0 Å². The SMILES string of the molecule is CCCN1CCCCC1C(=O)Nc1ccc(C(C)C)cc1. The van der Waals surface area contributed by atoms with Crippen molar-refractivity contribution in [2.75, 3.05) is 18.4 Å². The van der Waals surface area contributed by atoms with Gasteiger partial charge in [0.15, 0.2) is 0 Å². The van der Waals surface area contributed by atoms with Crippen LogP contribution in [-0.2, 0) is 4.79 Å². The first-order chi connectivity index (χ1) is 10.1. The van der Waals surface area contributed by atoms with E-state index in [4.69, 9.17) is 0 Å². The zero-order valence-corrected chi connectivity index (χ0v) is 13.6.